The van der Waals surface area contributed by atoms with Gasteiger partial charge in [0.25, 0.3) is 23.9 Å². The molecule has 12 saturated carbocycles. The van der Waals surface area contributed by atoms with Crippen LogP contribution in [-0.4, -0.2) is 140 Å². The zero-order valence-corrected chi connectivity index (χ0v) is 50.3. The van der Waals surface area contributed by atoms with Gasteiger partial charge < -0.3 is 75.8 Å². The lowest BCUT2D eigenvalue weighted by Gasteiger charge is -2.67. The fraction of sp³-hybridized carbons (Fsp3) is 0.939. The van der Waals surface area contributed by atoms with Crippen molar-refractivity contribution in [1.29, 1.82) is 0 Å². The number of rotatable bonds is 0. The van der Waals surface area contributed by atoms with E-state index in [2.05, 4.69) is 0 Å². The van der Waals surface area contributed by atoms with E-state index in [1.54, 1.807) is 0 Å². The number of hydrogen-bond donors (Lipinski definition) is 0. The first kappa shape index (κ1) is 53.0. The zero-order valence-electron chi connectivity index (χ0n) is 50.3. The average Bonchev–Trinajstić information content (AvgIpc) is 1.45. The molecule has 12 aliphatic carbocycles. The third-order valence-corrected chi connectivity index (χ3v) is 29.1. The Kier molecular flexibility index (Phi) is 9.68. The normalized spacial score (nSPS) is 65.2. The van der Waals surface area contributed by atoms with Gasteiger partial charge in [-0.3, -0.25) is 19.2 Å². The predicted molar refractivity (Wildman–Crippen MR) is 285 cm³/mol. The zero-order chi connectivity index (χ0) is 57.7. The standard InChI is InChI=1S/C18H22O5.2C17H22O5.C14H18O5/c1-15-21-16-8-9-5-11(16)14-18(23-15)10(7-13(19)20-14)3-2-4-17(18,22-15)12(16)6-9;1-14-20-15-6-3-5-11(15)16(21-14)7-2-4-10-8-13(18)19-12(9-15)17(10,16)22-14;1-14-20-15-6-3-5-11(15)13-17(22-14)10(8-12(18)19-13)4-2-7-16(17,9-15)21-14;1-12-17-9-6-10-14(19-12)8(5-11(15)16-10)3-2-4-13(14,7-9)18-12/h9-12,14H,2-8H2,1H3;10-12H,2-9H2,1H3;10-11,13H,2-9H2,1H3;8-10H,2-7H2,1H3. The maximum absolute atomic E-state index is 12.3. The Morgan fingerprint density at radius 3 is 1.67 bits per heavy atom. The first-order valence-corrected chi connectivity index (χ1v) is 34.3. The molecule has 12 aliphatic heterocycles. The molecule has 20 nitrogen and oxygen atoms in total. The molecule has 468 valence electrons. The van der Waals surface area contributed by atoms with Gasteiger partial charge in [0, 0.05) is 101 Å². The highest BCUT2D eigenvalue weighted by Crippen LogP contribution is 2.81. The van der Waals surface area contributed by atoms with Gasteiger partial charge in [0.05, 0.1) is 48.6 Å². The monoisotopic (exact) mass is 1200 g/mol. The van der Waals surface area contributed by atoms with Gasteiger partial charge in [0.1, 0.15) is 69.2 Å². The van der Waals surface area contributed by atoms with Crippen LogP contribution in [-0.2, 0) is 95.0 Å². The van der Waals surface area contributed by atoms with E-state index in [9.17, 15) is 19.2 Å². The van der Waals surface area contributed by atoms with Crippen LogP contribution in [0.4, 0.5) is 0 Å². The molecule has 12 saturated heterocycles. The highest BCUT2D eigenvalue weighted by molar-refractivity contribution is 5.74. The van der Waals surface area contributed by atoms with Crippen molar-refractivity contribution in [1.82, 2.24) is 0 Å². The molecule has 10 spiro atoms. The van der Waals surface area contributed by atoms with Gasteiger partial charge in [0.2, 0.25) is 0 Å². The molecule has 29 unspecified atom stereocenters. The van der Waals surface area contributed by atoms with Crippen molar-refractivity contribution in [3.63, 3.8) is 0 Å². The quantitative estimate of drug-likeness (QED) is 0.165. The second-order valence-corrected chi connectivity index (χ2v) is 32.8. The molecule has 20 heteroatoms. The molecule has 0 aromatic heterocycles. The number of ether oxygens (including phenoxy) is 16. The summed E-state index contributed by atoms with van der Waals surface area (Å²) in [6.07, 6.45) is 27.2. The third kappa shape index (κ3) is 5.72. The summed E-state index contributed by atoms with van der Waals surface area (Å²) in [5, 5.41) is 0. The van der Waals surface area contributed by atoms with E-state index in [1.165, 1.54) is 12.8 Å². The van der Waals surface area contributed by atoms with Crippen LogP contribution >= 0.6 is 0 Å². The van der Waals surface area contributed by atoms with Gasteiger partial charge in [-0.05, 0) is 102 Å². The van der Waals surface area contributed by atoms with Crippen LogP contribution in [0.5, 0.6) is 0 Å². The molecule has 29 atom stereocenters. The summed E-state index contributed by atoms with van der Waals surface area (Å²) in [6.45, 7) is 7.66. The minimum Gasteiger partial charge on any atom is -0.459 e. The molecular formula is C66H84O20. The van der Waals surface area contributed by atoms with E-state index >= 15 is 0 Å². The fourth-order valence-electron chi connectivity index (χ4n) is 28.1. The maximum atomic E-state index is 12.3. The van der Waals surface area contributed by atoms with E-state index in [0.29, 0.717) is 49.4 Å². The first-order chi connectivity index (χ1) is 41.1. The molecule has 12 heterocycles. The fourth-order valence-corrected chi connectivity index (χ4v) is 28.1. The Labute approximate surface area is 500 Å². The van der Waals surface area contributed by atoms with Gasteiger partial charge >= 0.3 is 23.9 Å². The number of hydrogen-bond acceptors (Lipinski definition) is 20. The third-order valence-electron chi connectivity index (χ3n) is 29.1. The molecule has 0 radical (unpaired) electrons. The maximum Gasteiger partial charge on any atom is 0.306 e. The largest absolute Gasteiger partial charge is 0.459 e. The minimum atomic E-state index is -0.956. The Morgan fingerprint density at radius 1 is 0.384 bits per heavy atom. The first-order valence-electron chi connectivity index (χ1n) is 34.3. The lowest BCUT2D eigenvalue weighted by Crippen LogP contribution is -2.80. The molecule has 24 aliphatic rings. The van der Waals surface area contributed by atoms with Crippen molar-refractivity contribution in [2.75, 3.05) is 0 Å². The SMILES string of the molecule is CC12OC34CC5CC3C3OC(=O)CC6CCCC(O1)(C4C5)C63O2.CC12OC34CCCC3C3(CCCC5CC(=O)OC(C4)C53O1)O2.CC12OC34CCCC3C3OC(=O)CC5CCCC(C4)(O1)C53O2.CC12OC3CC4OC(=O)CC5CCCC(C3)(O1)C54O2. The molecule has 24 rings (SSSR count). The number of fused-ring (bicyclic) bond motifs is 8. The van der Waals surface area contributed by atoms with Gasteiger partial charge in [-0.15, -0.1) is 0 Å². The van der Waals surface area contributed by atoms with Gasteiger partial charge in [-0.25, -0.2) is 0 Å². The molecule has 13 bridgehead atoms. The summed E-state index contributed by atoms with van der Waals surface area (Å²) in [6, 6.07) is 0. The Morgan fingerprint density at radius 2 is 0.919 bits per heavy atom. The van der Waals surface area contributed by atoms with Crippen LogP contribution < -0.4 is 0 Å². The molecule has 0 aromatic rings. The van der Waals surface area contributed by atoms with Gasteiger partial charge in [0.15, 0.2) is 0 Å². The molecule has 86 heavy (non-hydrogen) atoms. The van der Waals surface area contributed by atoms with E-state index in [0.717, 1.165) is 148 Å². The smallest absolute Gasteiger partial charge is 0.306 e. The topological polar surface area (TPSA) is 216 Å². The summed E-state index contributed by atoms with van der Waals surface area (Å²) in [5.41, 5.74) is -3.66. The highest BCUT2D eigenvalue weighted by Gasteiger charge is 2.92. The van der Waals surface area contributed by atoms with Crippen LogP contribution in [0.2, 0.25) is 0 Å². The van der Waals surface area contributed by atoms with Crippen molar-refractivity contribution in [2.45, 2.75) is 330 Å². The van der Waals surface area contributed by atoms with Crippen molar-refractivity contribution in [3.8, 4) is 0 Å². The highest BCUT2D eigenvalue weighted by atomic mass is 17.0. The van der Waals surface area contributed by atoms with E-state index in [4.69, 9.17) is 75.8 Å². The molecule has 0 aromatic carbocycles. The predicted octanol–water partition coefficient (Wildman–Crippen LogP) is 8.17. The van der Waals surface area contributed by atoms with Crippen LogP contribution in [0.25, 0.3) is 0 Å². The van der Waals surface area contributed by atoms with E-state index in [-0.39, 0.29) is 123 Å². The molecular weight excluding hydrogens is 1110 g/mol. The summed E-state index contributed by atoms with van der Waals surface area (Å²) < 4.78 is 101. The molecule has 24 fully saturated rings. The second-order valence-electron chi connectivity index (χ2n) is 32.8. The van der Waals surface area contributed by atoms with Crippen molar-refractivity contribution >= 4 is 23.9 Å². The lowest BCUT2D eigenvalue weighted by molar-refractivity contribution is -0.423. The van der Waals surface area contributed by atoms with Crippen molar-refractivity contribution in [3.05, 3.63) is 0 Å². The summed E-state index contributed by atoms with van der Waals surface area (Å²) >= 11 is 0. The van der Waals surface area contributed by atoms with Gasteiger partial charge in [-0.2, -0.15) is 0 Å². The van der Waals surface area contributed by atoms with Crippen LogP contribution in [0.1, 0.15) is 214 Å². The summed E-state index contributed by atoms with van der Waals surface area (Å²) in [4.78, 5) is 48.5. The Bertz CT molecular complexity index is 3110. The van der Waals surface area contributed by atoms with Crippen molar-refractivity contribution < 1.29 is 95.0 Å². The van der Waals surface area contributed by atoms with E-state index < -0.39 is 46.3 Å². The second kappa shape index (κ2) is 15.7. The number of carbonyl (C=O) groups is 4. The number of esters is 4. The van der Waals surface area contributed by atoms with Crippen LogP contribution in [0.3, 0.4) is 0 Å². The average molecular weight is 1200 g/mol. The van der Waals surface area contributed by atoms with Crippen LogP contribution in [0, 0.1) is 53.3 Å². The van der Waals surface area contributed by atoms with Gasteiger partial charge in [-0.1, -0.05) is 38.5 Å². The lowest BCUT2D eigenvalue weighted by atomic mass is 9.46. The summed E-state index contributed by atoms with van der Waals surface area (Å²) in [7, 11) is 0. The van der Waals surface area contributed by atoms with Crippen LogP contribution in [0.15, 0.2) is 0 Å². The number of carbonyl (C=O) groups excluding carboxylic acids is 4. The summed E-state index contributed by atoms with van der Waals surface area (Å²) in [5.74, 6) is -1.09. The van der Waals surface area contributed by atoms with E-state index in [1.807, 2.05) is 27.7 Å². The Hall–Kier alpha value is -2.60. The molecule has 0 amide bonds. The van der Waals surface area contributed by atoms with Crippen molar-refractivity contribution in [2.24, 2.45) is 53.3 Å². The molecule has 0 N–H and O–H groups in total. The minimum absolute atomic E-state index is 0.0445. The Balaban J connectivity index is 0.0000000794.